The molecule has 34 heavy (non-hydrogen) atoms. The minimum Gasteiger partial charge on any atom is -0.354 e. The van der Waals surface area contributed by atoms with Gasteiger partial charge in [0.25, 0.3) is 0 Å². The highest BCUT2D eigenvalue weighted by molar-refractivity contribution is 6.30. The number of aromatic nitrogens is 4. The summed E-state index contributed by atoms with van der Waals surface area (Å²) >= 11 is 5.90. The maximum atomic E-state index is 13.5. The van der Waals surface area contributed by atoms with Gasteiger partial charge in [-0.05, 0) is 29.7 Å². The third kappa shape index (κ3) is 3.87. The van der Waals surface area contributed by atoms with Gasteiger partial charge in [-0.25, -0.2) is 14.1 Å². The van der Waals surface area contributed by atoms with Crippen LogP contribution in [0.2, 0.25) is 5.02 Å². The second kappa shape index (κ2) is 8.66. The molecule has 0 aliphatic carbocycles. The Bertz CT molecular complexity index is 1490. The Hall–Kier alpha value is -3.55. The lowest BCUT2D eigenvalue weighted by Gasteiger charge is -2.35. The summed E-state index contributed by atoms with van der Waals surface area (Å²) in [5, 5.41) is 12.2. The number of fused-ring (bicyclic) bond motifs is 3. The number of piperazine rings is 1. The summed E-state index contributed by atoms with van der Waals surface area (Å²) in [5.41, 5.74) is 2.57. The van der Waals surface area contributed by atoms with Crippen LogP contribution in [0.25, 0.3) is 27.4 Å². The molecule has 0 unspecified atom stereocenters. The molecule has 1 saturated heterocycles. The fourth-order valence-electron chi connectivity index (χ4n) is 4.60. The summed E-state index contributed by atoms with van der Waals surface area (Å²) in [7, 11) is 0. The van der Waals surface area contributed by atoms with E-state index in [-0.39, 0.29) is 5.02 Å². The highest BCUT2D eigenvalue weighted by Crippen LogP contribution is 2.31. The first-order valence-corrected chi connectivity index (χ1v) is 11.6. The van der Waals surface area contributed by atoms with E-state index in [4.69, 9.17) is 16.6 Å². The fraction of sp³-hybridized carbons (Fsp3) is 0.192. The molecule has 170 valence electrons. The van der Waals surface area contributed by atoms with E-state index in [1.165, 1.54) is 22.2 Å². The minimum absolute atomic E-state index is 0.0699. The third-order valence-electron chi connectivity index (χ3n) is 6.35. The van der Waals surface area contributed by atoms with Gasteiger partial charge in [0.1, 0.15) is 11.6 Å². The maximum Gasteiger partial charge on any atom is 0.141 e. The largest absolute Gasteiger partial charge is 0.354 e. The smallest absolute Gasteiger partial charge is 0.141 e. The standard InChI is InChI=1S/C26H22ClFN6/c27-23-15-19(9-10-24(23)28)34-17-18(30-31-34)16-32-11-13-33(14-12-32)26-22-7-2-1-5-20(22)21-6-3-4-8-25(21)29-26/h1-10,15,17H,11-14,16H2. The van der Waals surface area contributed by atoms with E-state index in [1.807, 2.05) is 12.3 Å². The summed E-state index contributed by atoms with van der Waals surface area (Å²) in [5.74, 6) is 0.602. The zero-order valence-electron chi connectivity index (χ0n) is 18.4. The minimum atomic E-state index is -0.447. The molecule has 0 spiro atoms. The maximum absolute atomic E-state index is 13.5. The van der Waals surface area contributed by atoms with Crippen LogP contribution >= 0.6 is 11.6 Å². The van der Waals surface area contributed by atoms with Gasteiger partial charge in [0.15, 0.2) is 0 Å². The molecule has 8 heteroatoms. The average Bonchev–Trinajstić information content (AvgIpc) is 3.34. The van der Waals surface area contributed by atoms with Crippen LogP contribution in [0.1, 0.15) is 5.69 Å². The molecule has 1 aliphatic rings. The molecule has 0 N–H and O–H groups in total. The number of pyridine rings is 1. The Morgan fingerprint density at radius 1 is 0.853 bits per heavy atom. The predicted octanol–water partition coefficient (Wildman–Crippen LogP) is 5.08. The number of rotatable bonds is 4. The van der Waals surface area contributed by atoms with Crippen molar-refractivity contribution in [1.82, 2.24) is 24.9 Å². The van der Waals surface area contributed by atoms with E-state index in [2.05, 4.69) is 62.6 Å². The fourth-order valence-corrected chi connectivity index (χ4v) is 4.77. The van der Waals surface area contributed by atoms with Crippen molar-refractivity contribution in [3.05, 3.63) is 89.5 Å². The first-order valence-electron chi connectivity index (χ1n) is 11.3. The first kappa shape index (κ1) is 21.0. The number of hydrogen-bond donors (Lipinski definition) is 0. The number of nitrogens with zero attached hydrogens (tertiary/aromatic N) is 6. The molecule has 1 fully saturated rings. The summed E-state index contributed by atoms with van der Waals surface area (Å²) in [6.07, 6.45) is 1.87. The summed E-state index contributed by atoms with van der Waals surface area (Å²) < 4.78 is 15.1. The lowest BCUT2D eigenvalue weighted by atomic mass is 10.1. The van der Waals surface area contributed by atoms with Gasteiger partial charge in [-0.3, -0.25) is 4.90 Å². The van der Waals surface area contributed by atoms with Crippen molar-refractivity contribution in [1.29, 1.82) is 0 Å². The molecule has 1 aliphatic heterocycles. The zero-order chi connectivity index (χ0) is 23.1. The quantitative estimate of drug-likeness (QED) is 0.341. The third-order valence-corrected chi connectivity index (χ3v) is 6.64. The molecule has 3 heterocycles. The first-order chi connectivity index (χ1) is 16.7. The van der Waals surface area contributed by atoms with Crippen LogP contribution in [0.5, 0.6) is 0 Å². The number of hydrogen-bond acceptors (Lipinski definition) is 5. The van der Waals surface area contributed by atoms with Crippen molar-refractivity contribution in [2.24, 2.45) is 0 Å². The second-order valence-corrected chi connectivity index (χ2v) is 8.92. The van der Waals surface area contributed by atoms with Gasteiger partial charge in [-0.15, -0.1) is 5.10 Å². The molecule has 6 nitrogen and oxygen atoms in total. The van der Waals surface area contributed by atoms with E-state index in [0.29, 0.717) is 12.2 Å². The molecule has 2 aromatic heterocycles. The van der Waals surface area contributed by atoms with Crippen molar-refractivity contribution in [3.8, 4) is 5.69 Å². The summed E-state index contributed by atoms with van der Waals surface area (Å²) in [6.45, 7) is 4.28. The van der Waals surface area contributed by atoms with Crippen molar-refractivity contribution < 1.29 is 4.39 Å². The predicted molar refractivity (Wildman–Crippen MR) is 133 cm³/mol. The van der Waals surface area contributed by atoms with Gasteiger partial charge >= 0.3 is 0 Å². The Morgan fingerprint density at radius 3 is 2.38 bits per heavy atom. The molecule has 5 aromatic rings. The van der Waals surface area contributed by atoms with Crippen LogP contribution in [0, 0.1) is 5.82 Å². The normalized spacial score (nSPS) is 14.8. The van der Waals surface area contributed by atoms with E-state index >= 15 is 0 Å². The monoisotopic (exact) mass is 472 g/mol. The van der Waals surface area contributed by atoms with E-state index in [0.717, 1.165) is 43.2 Å². The number of halogens is 2. The SMILES string of the molecule is Fc1ccc(-n2cc(CN3CCN(c4nc5ccccc5c5ccccc45)CC3)nn2)cc1Cl. The van der Waals surface area contributed by atoms with Crippen LogP contribution in [-0.4, -0.2) is 51.1 Å². The molecule has 0 amide bonds. The average molecular weight is 473 g/mol. The van der Waals surface area contributed by atoms with Crippen molar-refractivity contribution in [3.63, 3.8) is 0 Å². The molecule has 0 bridgehead atoms. The number of benzene rings is 3. The van der Waals surface area contributed by atoms with E-state index < -0.39 is 5.82 Å². The molecule has 0 atom stereocenters. The van der Waals surface area contributed by atoms with Gasteiger partial charge < -0.3 is 4.90 Å². The van der Waals surface area contributed by atoms with Gasteiger partial charge in [0, 0.05) is 43.5 Å². The summed E-state index contributed by atoms with van der Waals surface area (Å²) in [6, 6.07) is 21.4. The highest BCUT2D eigenvalue weighted by atomic mass is 35.5. The Balaban J connectivity index is 1.18. The lowest BCUT2D eigenvalue weighted by molar-refractivity contribution is 0.246. The van der Waals surface area contributed by atoms with Gasteiger partial charge in [0.2, 0.25) is 0 Å². The van der Waals surface area contributed by atoms with Crippen LogP contribution in [0.15, 0.2) is 72.9 Å². The lowest BCUT2D eigenvalue weighted by Crippen LogP contribution is -2.46. The van der Waals surface area contributed by atoms with Gasteiger partial charge in [0.05, 0.1) is 28.1 Å². The van der Waals surface area contributed by atoms with Gasteiger partial charge in [-0.2, -0.15) is 0 Å². The zero-order valence-corrected chi connectivity index (χ0v) is 19.2. The van der Waals surface area contributed by atoms with Crippen LogP contribution in [0.4, 0.5) is 10.2 Å². The summed E-state index contributed by atoms with van der Waals surface area (Å²) in [4.78, 5) is 9.77. The van der Waals surface area contributed by atoms with Crippen LogP contribution in [0.3, 0.4) is 0 Å². The Morgan fingerprint density at radius 2 is 1.59 bits per heavy atom. The Kier molecular flexibility index (Phi) is 5.36. The second-order valence-electron chi connectivity index (χ2n) is 8.51. The van der Waals surface area contributed by atoms with Gasteiger partial charge in [-0.1, -0.05) is 59.3 Å². The number of para-hydroxylation sites is 1. The van der Waals surface area contributed by atoms with E-state index in [9.17, 15) is 4.39 Å². The highest BCUT2D eigenvalue weighted by Gasteiger charge is 2.21. The molecule has 0 radical (unpaired) electrons. The Labute approximate surface area is 201 Å². The molecule has 0 saturated carbocycles. The van der Waals surface area contributed by atoms with Crippen molar-refractivity contribution in [2.45, 2.75) is 6.54 Å². The molecule has 3 aromatic carbocycles. The van der Waals surface area contributed by atoms with Crippen LogP contribution < -0.4 is 4.90 Å². The number of anilines is 1. The molecular formula is C26H22ClFN6. The van der Waals surface area contributed by atoms with E-state index in [1.54, 1.807) is 16.8 Å². The van der Waals surface area contributed by atoms with Crippen molar-refractivity contribution in [2.75, 3.05) is 31.1 Å². The van der Waals surface area contributed by atoms with Crippen LogP contribution in [-0.2, 0) is 6.54 Å². The van der Waals surface area contributed by atoms with Crippen molar-refractivity contribution >= 4 is 39.1 Å². The molecular weight excluding hydrogens is 451 g/mol. The topological polar surface area (TPSA) is 50.1 Å². The molecule has 6 rings (SSSR count).